The largest absolute Gasteiger partial charge is 0.491 e. The van der Waals surface area contributed by atoms with E-state index in [0.29, 0.717) is 19.6 Å². The van der Waals surface area contributed by atoms with Crippen molar-refractivity contribution in [1.82, 2.24) is 4.98 Å². The van der Waals surface area contributed by atoms with Crippen molar-refractivity contribution in [2.75, 3.05) is 13.2 Å². The summed E-state index contributed by atoms with van der Waals surface area (Å²) >= 11 is 0. The second-order valence-corrected chi connectivity index (χ2v) is 5.24. The van der Waals surface area contributed by atoms with Gasteiger partial charge >= 0.3 is 5.97 Å². The fraction of sp³-hybridized carbons (Fsp3) is 0.444. The number of ether oxygens (including phenoxy) is 2. The highest BCUT2D eigenvalue weighted by Gasteiger charge is 2.04. The molecule has 0 unspecified atom stereocenters. The number of hydrogen-bond donors (Lipinski definition) is 0. The molecule has 1 aromatic carbocycles. The van der Waals surface area contributed by atoms with Crippen molar-refractivity contribution in [3.8, 4) is 5.75 Å². The zero-order chi connectivity index (χ0) is 15.8. The van der Waals surface area contributed by atoms with Gasteiger partial charge in [-0.2, -0.15) is 0 Å². The summed E-state index contributed by atoms with van der Waals surface area (Å²) in [4.78, 5) is 15.8. The normalized spacial score (nSPS) is 10.6. The lowest BCUT2D eigenvalue weighted by atomic mass is 10.2. The highest BCUT2D eigenvalue weighted by molar-refractivity contribution is 5.84. The van der Waals surface area contributed by atoms with E-state index in [9.17, 15) is 4.79 Å². The number of carbonyl (C=O) groups is 1. The summed E-state index contributed by atoms with van der Waals surface area (Å²) in [5, 5.41) is 1.09. The van der Waals surface area contributed by atoms with Crippen LogP contribution in [0.1, 0.15) is 38.3 Å². The summed E-state index contributed by atoms with van der Waals surface area (Å²) in [6.07, 6.45) is 3.20. The number of para-hydroxylation sites is 1. The molecule has 118 valence electrons. The van der Waals surface area contributed by atoms with Crippen LogP contribution < -0.4 is 4.74 Å². The number of rotatable bonds is 8. The minimum absolute atomic E-state index is 0.114. The van der Waals surface area contributed by atoms with E-state index >= 15 is 0 Å². The van der Waals surface area contributed by atoms with Gasteiger partial charge in [0, 0.05) is 17.5 Å². The molecular formula is C18H23NO3. The molecular weight excluding hydrogens is 278 g/mol. The van der Waals surface area contributed by atoms with Crippen molar-refractivity contribution in [3.63, 3.8) is 0 Å². The number of unbranched alkanes of at least 4 members (excludes halogenated alkanes) is 2. The van der Waals surface area contributed by atoms with E-state index < -0.39 is 0 Å². The Balaban J connectivity index is 1.78. The van der Waals surface area contributed by atoms with Crippen LogP contribution in [0.4, 0.5) is 0 Å². The van der Waals surface area contributed by atoms with Gasteiger partial charge in [0.1, 0.15) is 11.3 Å². The molecule has 22 heavy (non-hydrogen) atoms. The molecule has 0 fully saturated rings. The average Bonchev–Trinajstić information content (AvgIpc) is 2.51. The number of hydrogen-bond acceptors (Lipinski definition) is 4. The molecule has 0 aliphatic heterocycles. The highest BCUT2D eigenvalue weighted by atomic mass is 16.5. The Kier molecular flexibility index (Phi) is 6.19. The summed E-state index contributed by atoms with van der Waals surface area (Å²) in [6, 6.07) is 10.0. The maximum Gasteiger partial charge on any atom is 0.305 e. The van der Waals surface area contributed by atoms with E-state index in [1.54, 1.807) is 0 Å². The van der Waals surface area contributed by atoms with Gasteiger partial charge in [-0.25, -0.2) is 4.98 Å². The average molecular weight is 301 g/mol. The molecule has 0 saturated heterocycles. The standard InChI is InChI=1S/C18H23NO3/c1-3-21-17(20)10-5-4-6-13-22-16-9-7-8-15-12-11-14(2)19-18(15)16/h7-9,11-12H,3-6,10,13H2,1-2H3. The number of aryl methyl sites for hydroxylation is 1. The number of aromatic nitrogens is 1. The Hall–Kier alpha value is -2.10. The molecule has 0 aliphatic rings. The fourth-order valence-corrected chi connectivity index (χ4v) is 2.30. The van der Waals surface area contributed by atoms with Crippen molar-refractivity contribution >= 4 is 16.9 Å². The zero-order valence-corrected chi connectivity index (χ0v) is 13.3. The number of pyridine rings is 1. The minimum Gasteiger partial charge on any atom is -0.491 e. The molecule has 0 spiro atoms. The van der Waals surface area contributed by atoms with Crippen molar-refractivity contribution in [3.05, 3.63) is 36.0 Å². The van der Waals surface area contributed by atoms with Crippen LogP contribution >= 0.6 is 0 Å². The first kappa shape index (κ1) is 16.3. The van der Waals surface area contributed by atoms with Crippen LogP contribution in [0, 0.1) is 6.92 Å². The third-order valence-electron chi connectivity index (χ3n) is 3.41. The molecule has 1 heterocycles. The molecule has 0 atom stereocenters. The Bertz CT molecular complexity index is 625. The second-order valence-electron chi connectivity index (χ2n) is 5.24. The lowest BCUT2D eigenvalue weighted by Crippen LogP contribution is -2.04. The van der Waals surface area contributed by atoms with Gasteiger partial charge in [0.15, 0.2) is 0 Å². The second kappa shape index (κ2) is 8.37. The van der Waals surface area contributed by atoms with Crippen LogP contribution in [-0.2, 0) is 9.53 Å². The molecule has 1 aromatic heterocycles. The highest BCUT2D eigenvalue weighted by Crippen LogP contribution is 2.24. The topological polar surface area (TPSA) is 48.4 Å². The molecule has 0 bridgehead atoms. The first-order valence-electron chi connectivity index (χ1n) is 7.85. The number of esters is 1. The molecule has 0 saturated carbocycles. The molecule has 0 N–H and O–H groups in total. The lowest BCUT2D eigenvalue weighted by molar-refractivity contribution is -0.143. The van der Waals surface area contributed by atoms with Crippen molar-refractivity contribution in [2.45, 2.75) is 39.5 Å². The van der Waals surface area contributed by atoms with E-state index in [1.165, 1.54) is 0 Å². The quantitative estimate of drug-likeness (QED) is 0.545. The molecule has 0 amide bonds. The first-order valence-corrected chi connectivity index (χ1v) is 7.85. The molecule has 2 aromatic rings. The summed E-state index contributed by atoms with van der Waals surface area (Å²) in [7, 11) is 0. The van der Waals surface area contributed by atoms with E-state index in [-0.39, 0.29) is 5.97 Å². The number of carbonyl (C=O) groups excluding carboxylic acids is 1. The molecule has 0 radical (unpaired) electrons. The number of benzene rings is 1. The SMILES string of the molecule is CCOC(=O)CCCCCOc1cccc2ccc(C)nc12. The lowest BCUT2D eigenvalue weighted by Gasteiger charge is -2.09. The van der Waals surface area contributed by atoms with Crippen molar-refractivity contribution in [2.24, 2.45) is 0 Å². The molecule has 2 rings (SSSR count). The van der Waals surface area contributed by atoms with Gasteiger partial charge in [-0.3, -0.25) is 4.79 Å². The number of fused-ring (bicyclic) bond motifs is 1. The van der Waals surface area contributed by atoms with Crippen molar-refractivity contribution < 1.29 is 14.3 Å². The van der Waals surface area contributed by atoms with E-state index in [2.05, 4.69) is 11.1 Å². The van der Waals surface area contributed by atoms with E-state index in [0.717, 1.165) is 41.6 Å². The van der Waals surface area contributed by atoms with Gasteiger partial charge in [0.25, 0.3) is 0 Å². The Morgan fingerprint density at radius 2 is 2.00 bits per heavy atom. The smallest absolute Gasteiger partial charge is 0.305 e. The number of nitrogens with zero attached hydrogens (tertiary/aromatic N) is 1. The fourth-order valence-electron chi connectivity index (χ4n) is 2.30. The van der Waals surface area contributed by atoms with Crippen LogP contribution in [0.25, 0.3) is 10.9 Å². The van der Waals surface area contributed by atoms with Gasteiger partial charge in [-0.1, -0.05) is 18.2 Å². The Morgan fingerprint density at radius 1 is 1.14 bits per heavy atom. The third-order valence-corrected chi connectivity index (χ3v) is 3.41. The van der Waals surface area contributed by atoms with Gasteiger partial charge in [0.2, 0.25) is 0 Å². The van der Waals surface area contributed by atoms with Gasteiger partial charge in [-0.05, 0) is 45.2 Å². The van der Waals surface area contributed by atoms with Gasteiger partial charge < -0.3 is 9.47 Å². The maximum absolute atomic E-state index is 11.2. The molecule has 0 aliphatic carbocycles. The van der Waals surface area contributed by atoms with Crippen molar-refractivity contribution in [1.29, 1.82) is 0 Å². The predicted octanol–water partition coefficient (Wildman–Crippen LogP) is 4.05. The summed E-state index contributed by atoms with van der Waals surface area (Å²) in [5.74, 6) is 0.712. The van der Waals surface area contributed by atoms with Gasteiger partial charge in [-0.15, -0.1) is 0 Å². The van der Waals surface area contributed by atoms with E-state index in [1.807, 2.05) is 38.1 Å². The van der Waals surface area contributed by atoms with Crippen LogP contribution in [0.3, 0.4) is 0 Å². The predicted molar refractivity (Wildman–Crippen MR) is 87.1 cm³/mol. The summed E-state index contributed by atoms with van der Waals surface area (Å²) in [5.41, 5.74) is 1.90. The first-order chi connectivity index (χ1) is 10.7. The maximum atomic E-state index is 11.2. The van der Waals surface area contributed by atoms with E-state index in [4.69, 9.17) is 9.47 Å². The zero-order valence-electron chi connectivity index (χ0n) is 13.3. The minimum atomic E-state index is -0.114. The summed E-state index contributed by atoms with van der Waals surface area (Å²) in [6.45, 7) is 4.89. The monoisotopic (exact) mass is 301 g/mol. The van der Waals surface area contributed by atoms with Crippen LogP contribution in [0.2, 0.25) is 0 Å². The Morgan fingerprint density at radius 3 is 2.82 bits per heavy atom. The van der Waals surface area contributed by atoms with Crippen LogP contribution in [-0.4, -0.2) is 24.2 Å². The third kappa shape index (κ3) is 4.72. The van der Waals surface area contributed by atoms with Crippen LogP contribution in [0.5, 0.6) is 5.75 Å². The molecule has 4 heteroatoms. The molecule has 4 nitrogen and oxygen atoms in total. The van der Waals surface area contributed by atoms with Crippen LogP contribution in [0.15, 0.2) is 30.3 Å². The Labute approximate surface area is 131 Å². The van der Waals surface area contributed by atoms with Gasteiger partial charge in [0.05, 0.1) is 13.2 Å². The summed E-state index contributed by atoms with van der Waals surface area (Å²) < 4.78 is 10.7.